The fourth-order valence-corrected chi connectivity index (χ4v) is 5.72. The lowest BCUT2D eigenvalue weighted by atomic mass is 10.1. The van der Waals surface area contributed by atoms with Crippen LogP contribution in [0.25, 0.3) is 0 Å². The van der Waals surface area contributed by atoms with Gasteiger partial charge in [-0.15, -0.1) is 0 Å². The standard InChI is InChI=1S/C35H74N3.BF4/c1-7-11-15-19-23-27-31-37(32-28-24-20-16-12-8-2)35(36(5)6)38(33-29-25-21-17-13-9-3)34-30-26-22-18-14-10-4;2-1(3,4)5/h7-34H2,1-6H3;/q+1;-1. The van der Waals surface area contributed by atoms with Crippen LogP contribution in [0.3, 0.4) is 0 Å². The van der Waals surface area contributed by atoms with Gasteiger partial charge in [0.05, 0.1) is 40.3 Å². The maximum Gasteiger partial charge on any atom is 0.673 e. The Morgan fingerprint density at radius 3 is 0.767 bits per heavy atom. The second-order valence-electron chi connectivity index (χ2n) is 12.7. The molecule has 260 valence electrons. The Balaban J connectivity index is 0. The van der Waals surface area contributed by atoms with E-state index >= 15 is 0 Å². The minimum Gasteiger partial charge on any atom is -0.418 e. The third kappa shape index (κ3) is 33.8. The molecule has 0 fully saturated rings. The summed E-state index contributed by atoms with van der Waals surface area (Å²) >= 11 is 0. The van der Waals surface area contributed by atoms with Gasteiger partial charge >= 0.3 is 13.2 Å². The average molecular weight is 624 g/mol. The molecule has 0 aromatic heterocycles. The Hall–Kier alpha value is -0.945. The second kappa shape index (κ2) is 32.4. The number of guanidine groups is 1. The lowest BCUT2D eigenvalue weighted by Crippen LogP contribution is -2.50. The van der Waals surface area contributed by atoms with Gasteiger partial charge in [0.15, 0.2) is 0 Å². The Morgan fingerprint density at radius 1 is 0.395 bits per heavy atom. The molecule has 0 saturated carbocycles. The zero-order chi connectivity index (χ0) is 32.6. The fraction of sp³-hybridized carbons (Fsp3) is 0.971. The summed E-state index contributed by atoms with van der Waals surface area (Å²) in [6.07, 6.45) is 33.2. The van der Waals surface area contributed by atoms with Crippen molar-refractivity contribution in [3.63, 3.8) is 0 Å². The first kappa shape index (κ1) is 44.2. The largest absolute Gasteiger partial charge is 0.673 e. The Morgan fingerprint density at radius 2 is 0.581 bits per heavy atom. The average Bonchev–Trinajstić information content (AvgIpc) is 2.94. The number of rotatable bonds is 28. The van der Waals surface area contributed by atoms with Crippen molar-refractivity contribution in [3.05, 3.63) is 0 Å². The SMILES string of the molecule is CCCCCCCCN(CCCCCCCC)C(N(CCCCCCCC)CCCCCCCC)=[N+](C)C.F[B-](F)(F)F. The van der Waals surface area contributed by atoms with Crippen LogP contribution in [0.1, 0.15) is 182 Å². The summed E-state index contributed by atoms with van der Waals surface area (Å²) in [6.45, 7) is 14.2. The van der Waals surface area contributed by atoms with Crippen LogP contribution in [-0.4, -0.2) is 67.9 Å². The summed E-state index contributed by atoms with van der Waals surface area (Å²) in [6, 6.07) is 0. The van der Waals surface area contributed by atoms with E-state index in [1.807, 2.05) is 0 Å². The molecule has 0 N–H and O–H groups in total. The van der Waals surface area contributed by atoms with Crippen LogP contribution in [0, 0.1) is 0 Å². The summed E-state index contributed by atoms with van der Waals surface area (Å²) in [7, 11) is -1.39. The van der Waals surface area contributed by atoms with Crippen molar-refractivity contribution in [3.8, 4) is 0 Å². The van der Waals surface area contributed by atoms with E-state index in [9.17, 15) is 17.3 Å². The predicted molar refractivity (Wildman–Crippen MR) is 184 cm³/mol. The molecule has 0 atom stereocenters. The number of hydrogen-bond acceptors (Lipinski definition) is 0. The lowest BCUT2D eigenvalue weighted by molar-refractivity contribution is -0.476. The highest BCUT2D eigenvalue weighted by atomic mass is 19.5. The van der Waals surface area contributed by atoms with Gasteiger partial charge in [-0.05, 0) is 25.7 Å². The molecular formula is C35H74BF4N3. The van der Waals surface area contributed by atoms with Gasteiger partial charge in [-0.3, -0.25) is 14.4 Å². The normalized spacial score (nSPS) is 11.3. The van der Waals surface area contributed by atoms with Crippen LogP contribution in [0.5, 0.6) is 0 Å². The summed E-state index contributed by atoms with van der Waals surface area (Å²) in [4.78, 5) is 5.60. The van der Waals surface area contributed by atoms with E-state index in [0.29, 0.717) is 0 Å². The number of halogens is 4. The van der Waals surface area contributed by atoms with Gasteiger partial charge in [-0.2, -0.15) is 0 Å². The molecule has 0 aromatic carbocycles. The molecule has 0 aromatic rings. The predicted octanol–water partition coefficient (Wildman–Crippen LogP) is 12.0. The molecule has 0 heterocycles. The highest BCUT2D eigenvalue weighted by Crippen LogP contribution is 2.14. The molecule has 0 rings (SSSR count). The third-order valence-electron chi connectivity index (χ3n) is 8.09. The maximum atomic E-state index is 9.75. The van der Waals surface area contributed by atoms with Gasteiger partial charge in [0.1, 0.15) is 0 Å². The van der Waals surface area contributed by atoms with Crippen molar-refractivity contribution in [2.45, 2.75) is 182 Å². The Bertz CT molecular complexity index is 522. The lowest BCUT2D eigenvalue weighted by Gasteiger charge is -2.30. The number of nitrogens with zero attached hydrogens (tertiary/aromatic N) is 3. The highest BCUT2D eigenvalue weighted by Gasteiger charge is 2.26. The van der Waals surface area contributed by atoms with E-state index in [0.717, 1.165) is 0 Å². The topological polar surface area (TPSA) is 9.49 Å². The maximum absolute atomic E-state index is 9.75. The Kier molecular flexibility index (Phi) is 33.3. The van der Waals surface area contributed by atoms with Crippen LogP contribution in [0.4, 0.5) is 17.3 Å². The molecule has 8 heteroatoms. The summed E-state index contributed by atoms with van der Waals surface area (Å²) < 4.78 is 41.5. The molecule has 0 saturated heterocycles. The summed E-state index contributed by atoms with van der Waals surface area (Å²) in [5.41, 5.74) is 0. The van der Waals surface area contributed by atoms with E-state index in [2.05, 4.69) is 56.2 Å². The van der Waals surface area contributed by atoms with Crippen LogP contribution >= 0.6 is 0 Å². The molecule has 0 spiro atoms. The minimum absolute atomic E-state index is 1.23. The van der Waals surface area contributed by atoms with Gasteiger partial charge in [0.2, 0.25) is 0 Å². The molecule has 0 aliphatic heterocycles. The first-order chi connectivity index (χ1) is 20.6. The zero-order valence-electron chi connectivity index (χ0n) is 29.7. The molecule has 0 amide bonds. The second-order valence-corrected chi connectivity index (χ2v) is 12.7. The minimum atomic E-state index is -6.00. The van der Waals surface area contributed by atoms with Gasteiger partial charge < -0.3 is 17.3 Å². The van der Waals surface area contributed by atoms with Gasteiger partial charge in [0.25, 0.3) is 0 Å². The smallest absolute Gasteiger partial charge is 0.418 e. The Labute approximate surface area is 266 Å². The molecule has 43 heavy (non-hydrogen) atoms. The van der Waals surface area contributed by atoms with Crippen molar-refractivity contribution >= 4 is 13.2 Å². The number of unbranched alkanes of at least 4 members (excludes halogenated alkanes) is 20. The van der Waals surface area contributed by atoms with E-state index in [4.69, 9.17) is 0 Å². The first-order valence-electron chi connectivity index (χ1n) is 18.5. The monoisotopic (exact) mass is 624 g/mol. The molecule has 0 aliphatic carbocycles. The highest BCUT2D eigenvalue weighted by molar-refractivity contribution is 6.50. The third-order valence-corrected chi connectivity index (χ3v) is 8.09. The number of hydrogen-bond donors (Lipinski definition) is 0. The van der Waals surface area contributed by atoms with Crippen molar-refractivity contribution in [2.24, 2.45) is 0 Å². The van der Waals surface area contributed by atoms with Crippen LogP contribution < -0.4 is 0 Å². The van der Waals surface area contributed by atoms with Crippen LogP contribution in [0.2, 0.25) is 0 Å². The molecule has 0 bridgehead atoms. The van der Waals surface area contributed by atoms with Crippen molar-refractivity contribution in [1.82, 2.24) is 9.80 Å². The molecule has 0 radical (unpaired) electrons. The summed E-state index contributed by atoms with van der Waals surface area (Å²) in [5.74, 6) is 1.52. The fourth-order valence-electron chi connectivity index (χ4n) is 5.72. The summed E-state index contributed by atoms with van der Waals surface area (Å²) in [5, 5.41) is 0. The quantitative estimate of drug-likeness (QED) is 0.0214. The van der Waals surface area contributed by atoms with E-state index in [1.165, 1.54) is 186 Å². The van der Waals surface area contributed by atoms with Crippen molar-refractivity contribution in [2.75, 3.05) is 40.3 Å². The molecule has 3 nitrogen and oxygen atoms in total. The molecular weight excluding hydrogens is 549 g/mol. The van der Waals surface area contributed by atoms with E-state index in [1.54, 1.807) is 0 Å². The van der Waals surface area contributed by atoms with Gasteiger partial charge in [-0.25, -0.2) is 0 Å². The zero-order valence-corrected chi connectivity index (χ0v) is 29.7. The molecule has 0 unspecified atom stereocenters. The first-order valence-corrected chi connectivity index (χ1v) is 18.5. The van der Waals surface area contributed by atoms with E-state index < -0.39 is 7.25 Å². The van der Waals surface area contributed by atoms with Gasteiger partial charge in [-0.1, -0.05) is 156 Å². The van der Waals surface area contributed by atoms with Crippen molar-refractivity contribution in [1.29, 1.82) is 0 Å². The van der Waals surface area contributed by atoms with Crippen molar-refractivity contribution < 1.29 is 21.8 Å². The van der Waals surface area contributed by atoms with Gasteiger partial charge in [0, 0.05) is 0 Å². The van der Waals surface area contributed by atoms with Crippen LogP contribution in [0.15, 0.2) is 0 Å². The molecule has 0 aliphatic rings. The van der Waals surface area contributed by atoms with E-state index in [-0.39, 0.29) is 0 Å². The van der Waals surface area contributed by atoms with Crippen LogP contribution in [-0.2, 0) is 0 Å².